The highest BCUT2D eigenvalue weighted by atomic mass is 19.4. The standard InChI is InChI=1S/C20H19F3N2O4/c1-2-10-28-17-8-5-14(20(21,22)23)12-16(17)24-18(26)13-3-6-15(7-4-13)25-9-11-29-19(25)27/h3-8,12H,2,9-11H2,1H3,(H,24,26). The highest BCUT2D eigenvalue weighted by molar-refractivity contribution is 6.05. The normalized spacial score (nSPS) is 13.9. The van der Waals surface area contributed by atoms with Gasteiger partial charge in [0.2, 0.25) is 0 Å². The Kier molecular flexibility index (Phi) is 5.95. The molecule has 0 unspecified atom stereocenters. The summed E-state index contributed by atoms with van der Waals surface area (Å²) in [5.41, 5.74) is -0.166. The molecule has 2 aromatic carbocycles. The quantitative estimate of drug-likeness (QED) is 0.752. The van der Waals surface area contributed by atoms with Gasteiger partial charge in [0, 0.05) is 11.3 Å². The Labute approximate surface area is 165 Å². The summed E-state index contributed by atoms with van der Waals surface area (Å²) in [6.07, 6.45) is -4.35. The molecule has 2 aromatic rings. The molecular formula is C20H19F3N2O4. The number of carbonyl (C=O) groups is 2. The number of nitrogens with one attached hydrogen (secondary N) is 1. The molecule has 3 rings (SSSR count). The van der Waals surface area contributed by atoms with Crippen LogP contribution in [0.5, 0.6) is 5.75 Å². The van der Waals surface area contributed by atoms with Crippen LogP contribution in [0.15, 0.2) is 42.5 Å². The maximum absolute atomic E-state index is 13.0. The summed E-state index contributed by atoms with van der Waals surface area (Å²) in [5, 5.41) is 2.48. The Balaban J connectivity index is 1.80. The second-order valence-electron chi connectivity index (χ2n) is 6.32. The maximum atomic E-state index is 13.0. The lowest BCUT2D eigenvalue weighted by Gasteiger charge is -2.16. The van der Waals surface area contributed by atoms with Crippen molar-refractivity contribution < 1.29 is 32.2 Å². The molecule has 0 saturated carbocycles. The van der Waals surface area contributed by atoms with Crippen LogP contribution in [0, 0.1) is 0 Å². The van der Waals surface area contributed by atoms with Crippen molar-refractivity contribution in [3.8, 4) is 5.75 Å². The molecule has 0 aliphatic carbocycles. The molecular weight excluding hydrogens is 389 g/mol. The van der Waals surface area contributed by atoms with Crippen molar-refractivity contribution in [3.05, 3.63) is 53.6 Å². The van der Waals surface area contributed by atoms with Crippen LogP contribution in [-0.4, -0.2) is 31.8 Å². The molecule has 1 aliphatic heterocycles. The third-order valence-corrected chi connectivity index (χ3v) is 4.22. The molecule has 0 aromatic heterocycles. The summed E-state index contributed by atoms with van der Waals surface area (Å²) >= 11 is 0. The van der Waals surface area contributed by atoms with Crippen molar-refractivity contribution in [3.63, 3.8) is 0 Å². The van der Waals surface area contributed by atoms with Crippen LogP contribution in [-0.2, 0) is 10.9 Å². The molecule has 6 nitrogen and oxygen atoms in total. The van der Waals surface area contributed by atoms with Crippen molar-refractivity contribution in [2.24, 2.45) is 0 Å². The fraction of sp³-hybridized carbons (Fsp3) is 0.300. The lowest BCUT2D eigenvalue weighted by atomic mass is 10.1. The third-order valence-electron chi connectivity index (χ3n) is 4.22. The second-order valence-corrected chi connectivity index (χ2v) is 6.32. The monoisotopic (exact) mass is 408 g/mol. The van der Waals surface area contributed by atoms with E-state index in [1.54, 1.807) is 12.1 Å². The SMILES string of the molecule is CCCOc1ccc(C(F)(F)F)cc1NC(=O)c1ccc(N2CCOC2=O)cc1. The topological polar surface area (TPSA) is 67.9 Å². The average Bonchev–Trinajstić information content (AvgIpc) is 3.12. The van der Waals surface area contributed by atoms with Crippen LogP contribution in [0.25, 0.3) is 0 Å². The number of hydrogen-bond donors (Lipinski definition) is 1. The second kappa shape index (κ2) is 8.42. The van der Waals surface area contributed by atoms with Crippen LogP contribution >= 0.6 is 0 Å². The first kappa shape index (κ1) is 20.5. The third kappa shape index (κ3) is 4.79. The first-order valence-corrected chi connectivity index (χ1v) is 8.99. The van der Waals surface area contributed by atoms with E-state index in [2.05, 4.69) is 5.32 Å². The summed E-state index contributed by atoms with van der Waals surface area (Å²) in [5.74, 6) is -0.439. The average molecular weight is 408 g/mol. The number of cyclic esters (lactones) is 1. The van der Waals surface area contributed by atoms with Crippen molar-refractivity contribution in [1.82, 2.24) is 0 Å². The summed E-state index contributed by atoms with van der Waals surface area (Å²) in [7, 11) is 0. The molecule has 0 bridgehead atoms. The lowest BCUT2D eigenvalue weighted by molar-refractivity contribution is -0.137. The number of amides is 2. The van der Waals surface area contributed by atoms with Gasteiger partial charge in [-0.3, -0.25) is 9.69 Å². The predicted octanol–water partition coefficient (Wildman–Crippen LogP) is 4.70. The van der Waals surface area contributed by atoms with Gasteiger partial charge in [0.25, 0.3) is 5.91 Å². The smallest absolute Gasteiger partial charge is 0.416 e. The minimum Gasteiger partial charge on any atom is -0.491 e. The molecule has 9 heteroatoms. The fourth-order valence-electron chi connectivity index (χ4n) is 2.76. The molecule has 2 amide bonds. The van der Waals surface area contributed by atoms with Gasteiger partial charge < -0.3 is 14.8 Å². The van der Waals surface area contributed by atoms with Gasteiger partial charge in [-0.1, -0.05) is 6.92 Å². The summed E-state index contributed by atoms with van der Waals surface area (Å²) in [4.78, 5) is 25.6. The molecule has 1 N–H and O–H groups in total. The van der Waals surface area contributed by atoms with Crippen molar-refractivity contribution in [2.45, 2.75) is 19.5 Å². The van der Waals surface area contributed by atoms with Gasteiger partial charge >= 0.3 is 12.3 Å². The van der Waals surface area contributed by atoms with Gasteiger partial charge in [0.05, 0.1) is 24.4 Å². The van der Waals surface area contributed by atoms with Gasteiger partial charge in [-0.05, 0) is 48.9 Å². The highest BCUT2D eigenvalue weighted by Crippen LogP contribution is 2.35. The van der Waals surface area contributed by atoms with E-state index in [0.717, 1.165) is 12.1 Å². The minimum atomic E-state index is -4.55. The molecule has 0 atom stereocenters. The summed E-state index contributed by atoms with van der Waals surface area (Å²) in [6, 6.07) is 9.05. The molecule has 154 valence electrons. The zero-order valence-corrected chi connectivity index (χ0v) is 15.6. The molecule has 0 radical (unpaired) electrons. The van der Waals surface area contributed by atoms with Gasteiger partial charge in [0.1, 0.15) is 12.4 Å². The van der Waals surface area contributed by atoms with Crippen molar-refractivity contribution >= 4 is 23.4 Å². The van der Waals surface area contributed by atoms with E-state index in [4.69, 9.17) is 9.47 Å². The van der Waals surface area contributed by atoms with E-state index < -0.39 is 23.7 Å². The Bertz CT molecular complexity index is 898. The van der Waals surface area contributed by atoms with Crippen LogP contribution < -0.4 is 15.0 Å². The molecule has 1 fully saturated rings. The minimum absolute atomic E-state index is 0.0644. The van der Waals surface area contributed by atoms with E-state index in [1.807, 2.05) is 6.92 Å². The number of alkyl halides is 3. The number of anilines is 2. The van der Waals surface area contributed by atoms with Crippen LogP contribution in [0.3, 0.4) is 0 Å². The largest absolute Gasteiger partial charge is 0.491 e. The Hall–Kier alpha value is -3.23. The number of benzene rings is 2. The van der Waals surface area contributed by atoms with Crippen LogP contribution in [0.4, 0.5) is 29.3 Å². The van der Waals surface area contributed by atoms with E-state index in [0.29, 0.717) is 25.3 Å². The Morgan fingerprint density at radius 3 is 2.52 bits per heavy atom. The van der Waals surface area contributed by atoms with E-state index in [9.17, 15) is 22.8 Å². The number of halogens is 3. The number of rotatable bonds is 6. The van der Waals surface area contributed by atoms with Gasteiger partial charge in [-0.25, -0.2) is 4.79 Å². The van der Waals surface area contributed by atoms with Crippen molar-refractivity contribution in [1.29, 1.82) is 0 Å². The highest BCUT2D eigenvalue weighted by Gasteiger charge is 2.31. The molecule has 1 heterocycles. The van der Waals surface area contributed by atoms with Crippen molar-refractivity contribution in [2.75, 3.05) is 30.0 Å². The number of ether oxygens (including phenoxy) is 2. The Morgan fingerprint density at radius 2 is 1.93 bits per heavy atom. The van der Waals surface area contributed by atoms with Crippen LogP contribution in [0.1, 0.15) is 29.3 Å². The zero-order valence-electron chi connectivity index (χ0n) is 15.6. The van der Waals surface area contributed by atoms with Gasteiger partial charge in [-0.15, -0.1) is 0 Å². The fourth-order valence-corrected chi connectivity index (χ4v) is 2.76. The molecule has 0 spiro atoms. The first-order valence-electron chi connectivity index (χ1n) is 8.99. The zero-order chi connectivity index (χ0) is 21.0. The van der Waals surface area contributed by atoms with Gasteiger partial charge in [0.15, 0.2) is 0 Å². The maximum Gasteiger partial charge on any atom is 0.416 e. The summed E-state index contributed by atoms with van der Waals surface area (Å²) < 4.78 is 49.4. The summed E-state index contributed by atoms with van der Waals surface area (Å²) in [6.45, 7) is 2.86. The number of nitrogens with zero attached hydrogens (tertiary/aromatic N) is 1. The molecule has 29 heavy (non-hydrogen) atoms. The lowest BCUT2D eigenvalue weighted by Crippen LogP contribution is -2.23. The predicted molar refractivity (Wildman–Crippen MR) is 100 cm³/mol. The van der Waals surface area contributed by atoms with Crippen LogP contribution in [0.2, 0.25) is 0 Å². The number of carbonyl (C=O) groups excluding carboxylic acids is 2. The molecule has 1 saturated heterocycles. The van der Waals surface area contributed by atoms with E-state index in [1.165, 1.54) is 23.1 Å². The van der Waals surface area contributed by atoms with Gasteiger partial charge in [-0.2, -0.15) is 13.2 Å². The van der Waals surface area contributed by atoms with E-state index in [-0.39, 0.29) is 23.6 Å². The number of hydrogen-bond acceptors (Lipinski definition) is 4. The molecule has 1 aliphatic rings. The first-order chi connectivity index (χ1) is 13.8. The van der Waals surface area contributed by atoms with E-state index >= 15 is 0 Å². The Morgan fingerprint density at radius 1 is 1.21 bits per heavy atom.